The number of nitrogens with one attached hydrogen (secondary N) is 1. The van der Waals surface area contributed by atoms with Crippen LogP contribution < -0.4 is 10.9 Å². The van der Waals surface area contributed by atoms with Gasteiger partial charge in [-0.1, -0.05) is 18.2 Å². The van der Waals surface area contributed by atoms with Crippen molar-refractivity contribution in [2.24, 2.45) is 0 Å². The van der Waals surface area contributed by atoms with Crippen LogP contribution in [0, 0.1) is 0 Å². The monoisotopic (exact) mass is 320 g/mol. The predicted octanol–water partition coefficient (Wildman–Crippen LogP) is 3.24. The number of para-hydroxylation sites is 1. The van der Waals surface area contributed by atoms with Gasteiger partial charge in [0.15, 0.2) is 5.13 Å². The number of halogens is 1. The van der Waals surface area contributed by atoms with Crippen molar-refractivity contribution in [3.8, 4) is 0 Å². The zero-order chi connectivity index (χ0) is 14.8. The molecule has 0 unspecified atom stereocenters. The molecule has 0 radical (unpaired) electrons. The van der Waals surface area contributed by atoms with E-state index in [1.54, 1.807) is 29.6 Å². The summed E-state index contributed by atoms with van der Waals surface area (Å²) in [6.07, 6.45) is 0. The second-order valence-corrected chi connectivity index (χ2v) is 5.34. The Balaban J connectivity index is 1.93. The standard InChI is InChI=1S/C14H9ClN2O3S/c15-6-9-7-21-14(16-9)17-12(18)10-5-8-3-1-2-4-11(8)20-13(10)19/h1-5,7H,6H2,(H,16,17,18). The number of fused-ring (bicyclic) bond motifs is 1. The third kappa shape index (κ3) is 2.81. The summed E-state index contributed by atoms with van der Waals surface area (Å²) in [6.45, 7) is 0. The Morgan fingerprint density at radius 1 is 1.38 bits per heavy atom. The highest BCUT2D eigenvalue weighted by molar-refractivity contribution is 7.14. The lowest BCUT2D eigenvalue weighted by atomic mass is 10.2. The maximum atomic E-state index is 12.1. The van der Waals surface area contributed by atoms with Crippen molar-refractivity contribution in [1.29, 1.82) is 0 Å². The van der Waals surface area contributed by atoms with E-state index < -0.39 is 11.5 Å². The molecule has 0 fully saturated rings. The molecule has 7 heteroatoms. The number of aromatic nitrogens is 1. The van der Waals surface area contributed by atoms with E-state index in [1.165, 1.54) is 17.4 Å². The lowest BCUT2D eigenvalue weighted by Gasteiger charge is -2.02. The molecule has 0 saturated carbocycles. The molecule has 0 spiro atoms. The summed E-state index contributed by atoms with van der Waals surface area (Å²) in [6, 6.07) is 8.51. The number of carbonyl (C=O) groups is 1. The predicted molar refractivity (Wildman–Crippen MR) is 82.1 cm³/mol. The Morgan fingerprint density at radius 2 is 2.19 bits per heavy atom. The van der Waals surface area contributed by atoms with E-state index in [0.717, 1.165) is 0 Å². The molecule has 5 nitrogen and oxygen atoms in total. The van der Waals surface area contributed by atoms with Gasteiger partial charge in [0.25, 0.3) is 5.91 Å². The van der Waals surface area contributed by atoms with Crippen LogP contribution in [0.15, 0.2) is 44.9 Å². The molecule has 3 rings (SSSR count). The number of alkyl halides is 1. The Bertz CT molecular complexity index is 872. The average Bonchev–Trinajstić information content (AvgIpc) is 2.94. The SMILES string of the molecule is O=C(Nc1nc(CCl)cs1)c1cc2ccccc2oc1=O. The number of anilines is 1. The van der Waals surface area contributed by atoms with Crippen molar-refractivity contribution in [3.05, 3.63) is 57.4 Å². The lowest BCUT2D eigenvalue weighted by molar-refractivity contribution is 0.102. The molecular formula is C14H9ClN2O3S. The van der Waals surface area contributed by atoms with Gasteiger partial charge < -0.3 is 4.42 Å². The molecule has 2 aromatic heterocycles. The highest BCUT2D eigenvalue weighted by Gasteiger charge is 2.15. The van der Waals surface area contributed by atoms with Gasteiger partial charge in [-0.3, -0.25) is 10.1 Å². The number of amides is 1. The minimum absolute atomic E-state index is 0.0590. The number of benzene rings is 1. The molecule has 0 aliphatic carbocycles. The topological polar surface area (TPSA) is 72.2 Å². The summed E-state index contributed by atoms with van der Waals surface area (Å²) < 4.78 is 5.12. The van der Waals surface area contributed by atoms with Crippen molar-refractivity contribution in [3.63, 3.8) is 0 Å². The van der Waals surface area contributed by atoms with E-state index in [0.29, 0.717) is 21.8 Å². The Hall–Kier alpha value is -2.18. The van der Waals surface area contributed by atoms with Crippen LogP contribution in [0.2, 0.25) is 0 Å². The highest BCUT2D eigenvalue weighted by Crippen LogP contribution is 2.18. The van der Waals surface area contributed by atoms with E-state index in [-0.39, 0.29) is 11.4 Å². The Labute approximate surface area is 128 Å². The van der Waals surface area contributed by atoms with Gasteiger partial charge >= 0.3 is 5.63 Å². The van der Waals surface area contributed by atoms with E-state index in [9.17, 15) is 9.59 Å². The molecule has 106 valence electrons. The Kier molecular flexibility index (Phi) is 3.72. The van der Waals surface area contributed by atoms with Gasteiger partial charge in [-0.15, -0.1) is 22.9 Å². The molecule has 0 aliphatic heterocycles. The molecule has 0 atom stereocenters. The molecule has 1 aromatic carbocycles. The lowest BCUT2D eigenvalue weighted by Crippen LogP contribution is -2.20. The fraction of sp³-hybridized carbons (Fsp3) is 0.0714. The summed E-state index contributed by atoms with van der Waals surface area (Å²) in [4.78, 5) is 28.1. The first kappa shape index (κ1) is 13.8. The van der Waals surface area contributed by atoms with Crippen LogP contribution in [-0.2, 0) is 5.88 Å². The Morgan fingerprint density at radius 3 is 2.95 bits per heavy atom. The van der Waals surface area contributed by atoms with Crippen LogP contribution >= 0.6 is 22.9 Å². The van der Waals surface area contributed by atoms with E-state index >= 15 is 0 Å². The summed E-state index contributed by atoms with van der Waals surface area (Å²) in [5.74, 6) is -0.283. The summed E-state index contributed by atoms with van der Waals surface area (Å²) >= 11 is 6.90. The normalized spacial score (nSPS) is 10.7. The van der Waals surface area contributed by atoms with Crippen molar-refractivity contribution >= 4 is 44.9 Å². The summed E-state index contributed by atoms with van der Waals surface area (Å²) in [5.41, 5.74) is 0.372. The summed E-state index contributed by atoms with van der Waals surface area (Å²) in [5, 5.41) is 5.38. The third-order valence-corrected chi connectivity index (χ3v) is 3.88. The smallest absolute Gasteiger partial charge is 0.349 e. The zero-order valence-electron chi connectivity index (χ0n) is 10.6. The molecule has 0 aliphatic rings. The van der Waals surface area contributed by atoms with E-state index in [4.69, 9.17) is 16.0 Å². The zero-order valence-corrected chi connectivity index (χ0v) is 12.2. The fourth-order valence-corrected chi connectivity index (χ4v) is 2.74. The molecule has 1 N–H and O–H groups in total. The molecule has 2 heterocycles. The second kappa shape index (κ2) is 5.67. The molecule has 3 aromatic rings. The van der Waals surface area contributed by atoms with Crippen molar-refractivity contribution in [1.82, 2.24) is 4.98 Å². The van der Waals surface area contributed by atoms with Gasteiger partial charge in [0.1, 0.15) is 11.1 Å². The third-order valence-electron chi connectivity index (χ3n) is 2.80. The van der Waals surface area contributed by atoms with Gasteiger partial charge in [-0.25, -0.2) is 9.78 Å². The first-order valence-electron chi connectivity index (χ1n) is 6.02. The number of hydrogen-bond donors (Lipinski definition) is 1. The van der Waals surface area contributed by atoms with Crippen LogP contribution in [0.1, 0.15) is 16.1 Å². The van der Waals surface area contributed by atoms with Crippen molar-refractivity contribution in [2.45, 2.75) is 5.88 Å². The van der Waals surface area contributed by atoms with Crippen molar-refractivity contribution < 1.29 is 9.21 Å². The van der Waals surface area contributed by atoms with Gasteiger partial charge in [0.2, 0.25) is 0 Å². The van der Waals surface area contributed by atoms with Crippen LogP contribution in [0.3, 0.4) is 0 Å². The van der Waals surface area contributed by atoms with Crippen LogP contribution in [0.5, 0.6) is 0 Å². The van der Waals surface area contributed by atoms with E-state index in [2.05, 4.69) is 10.3 Å². The number of rotatable bonds is 3. The van der Waals surface area contributed by atoms with Gasteiger partial charge in [-0.05, 0) is 12.1 Å². The minimum Gasteiger partial charge on any atom is -0.422 e. The summed E-state index contributed by atoms with van der Waals surface area (Å²) in [7, 11) is 0. The molecule has 0 bridgehead atoms. The number of thiazole rings is 1. The van der Waals surface area contributed by atoms with Gasteiger partial charge in [0, 0.05) is 10.8 Å². The molecule has 1 amide bonds. The fourth-order valence-electron chi connectivity index (χ4n) is 1.81. The van der Waals surface area contributed by atoms with Gasteiger partial charge in [-0.2, -0.15) is 0 Å². The van der Waals surface area contributed by atoms with Crippen molar-refractivity contribution in [2.75, 3.05) is 5.32 Å². The maximum Gasteiger partial charge on any atom is 0.349 e. The quantitative estimate of drug-likeness (QED) is 0.594. The maximum absolute atomic E-state index is 12.1. The first-order chi connectivity index (χ1) is 10.2. The van der Waals surface area contributed by atoms with E-state index in [1.807, 2.05) is 0 Å². The van der Waals surface area contributed by atoms with Crippen LogP contribution in [0.25, 0.3) is 11.0 Å². The van der Waals surface area contributed by atoms with Crippen LogP contribution in [-0.4, -0.2) is 10.9 Å². The molecule has 0 saturated heterocycles. The largest absolute Gasteiger partial charge is 0.422 e. The molecule has 21 heavy (non-hydrogen) atoms. The number of carbonyl (C=O) groups excluding carboxylic acids is 1. The second-order valence-electron chi connectivity index (χ2n) is 4.22. The average molecular weight is 321 g/mol. The highest BCUT2D eigenvalue weighted by atomic mass is 35.5. The van der Waals surface area contributed by atoms with Gasteiger partial charge in [0.05, 0.1) is 11.6 Å². The first-order valence-corrected chi connectivity index (χ1v) is 7.43. The van der Waals surface area contributed by atoms with Crippen LogP contribution in [0.4, 0.5) is 5.13 Å². The molecular weight excluding hydrogens is 312 g/mol. The number of hydrogen-bond acceptors (Lipinski definition) is 5. The minimum atomic E-state index is -0.680. The number of nitrogens with zero attached hydrogens (tertiary/aromatic N) is 1.